The van der Waals surface area contributed by atoms with E-state index in [1.807, 2.05) is 0 Å². The van der Waals surface area contributed by atoms with E-state index < -0.39 is 5.97 Å². The number of rotatable bonds is 5. The number of aromatic carboxylic acids is 1. The summed E-state index contributed by atoms with van der Waals surface area (Å²) in [6.45, 7) is 0.525. The lowest BCUT2D eigenvalue weighted by Gasteiger charge is -2.45. The van der Waals surface area contributed by atoms with Crippen molar-refractivity contribution in [2.75, 3.05) is 6.54 Å². The lowest BCUT2D eigenvalue weighted by atomic mass is 9.59. The number of nitrogens with one attached hydrogen (secondary N) is 1. The average Bonchev–Trinajstić information content (AvgIpc) is 3.21. The molecule has 7 heteroatoms. The van der Waals surface area contributed by atoms with E-state index in [0.29, 0.717) is 18.4 Å². The summed E-state index contributed by atoms with van der Waals surface area (Å²) in [5.74, 6) is -0.401. The van der Waals surface area contributed by atoms with Gasteiger partial charge in [0.15, 0.2) is 5.69 Å². The van der Waals surface area contributed by atoms with E-state index in [2.05, 4.69) is 64.2 Å². The largest absolute Gasteiger partial charge is 0.476 e. The molecule has 0 fully saturated rings. The Balaban J connectivity index is 1.32. The fourth-order valence-electron chi connectivity index (χ4n) is 4.88. The standard InChI is InChI=1S/C22H20N4O3/c27-20(12-26-11-19(22(28)29)24-25-26)23-10-13-9-18-14-5-1-3-7-16(14)21(13)17-8-4-2-6-15(17)18/h1-8,11,13,18,21H,9-10,12H2,(H,23,27)(H,28,29). The molecule has 2 bridgehead atoms. The summed E-state index contributed by atoms with van der Waals surface area (Å²) in [4.78, 5) is 23.3. The molecule has 1 amide bonds. The molecule has 3 aliphatic rings. The number of carbonyl (C=O) groups is 2. The maximum absolute atomic E-state index is 12.4. The number of aromatic nitrogens is 3. The summed E-state index contributed by atoms with van der Waals surface area (Å²) in [6.07, 6.45) is 2.27. The Hall–Kier alpha value is -3.48. The normalized spacial score (nSPS) is 21.3. The molecule has 146 valence electrons. The number of carboxylic acids is 1. The highest BCUT2D eigenvalue weighted by atomic mass is 16.4. The highest BCUT2D eigenvalue weighted by molar-refractivity contribution is 5.84. The third-order valence-corrected chi connectivity index (χ3v) is 6.05. The SMILES string of the molecule is O=C(Cn1cc(C(=O)O)nn1)NCC1CC2c3ccccc3C1c1ccccc12. The predicted octanol–water partition coefficient (Wildman–Crippen LogP) is 2.39. The van der Waals surface area contributed by atoms with Crippen LogP contribution >= 0.6 is 0 Å². The molecule has 1 atom stereocenters. The van der Waals surface area contributed by atoms with Gasteiger partial charge in [0.25, 0.3) is 0 Å². The number of carbonyl (C=O) groups excluding carboxylic acids is 1. The van der Waals surface area contributed by atoms with Crippen molar-refractivity contribution in [1.82, 2.24) is 20.3 Å². The zero-order chi connectivity index (χ0) is 20.0. The van der Waals surface area contributed by atoms with Crippen molar-refractivity contribution in [3.8, 4) is 0 Å². The molecule has 1 unspecified atom stereocenters. The van der Waals surface area contributed by atoms with Crippen LogP contribution in [0, 0.1) is 5.92 Å². The lowest BCUT2D eigenvalue weighted by molar-refractivity contribution is -0.122. The topological polar surface area (TPSA) is 97.1 Å². The Labute approximate surface area is 167 Å². The molecule has 0 radical (unpaired) electrons. The van der Waals surface area contributed by atoms with Crippen LogP contribution in [0.1, 0.15) is 51.0 Å². The van der Waals surface area contributed by atoms with E-state index in [9.17, 15) is 9.59 Å². The molecule has 29 heavy (non-hydrogen) atoms. The monoisotopic (exact) mass is 388 g/mol. The molecule has 7 nitrogen and oxygen atoms in total. The van der Waals surface area contributed by atoms with Crippen LogP contribution in [-0.2, 0) is 11.3 Å². The van der Waals surface area contributed by atoms with Gasteiger partial charge in [0.05, 0.1) is 6.20 Å². The van der Waals surface area contributed by atoms with E-state index in [1.165, 1.54) is 33.1 Å². The van der Waals surface area contributed by atoms with Crippen molar-refractivity contribution in [3.05, 3.63) is 82.7 Å². The van der Waals surface area contributed by atoms with E-state index in [0.717, 1.165) is 6.42 Å². The van der Waals surface area contributed by atoms with Crippen LogP contribution in [0.15, 0.2) is 54.7 Å². The van der Waals surface area contributed by atoms with E-state index >= 15 is 0 Å². The van der Waals surface area contributed by atoms with Crippen LogP contribution in [0.25, 0.3) is 0 Å². The first-order valence-corrected chi connectivity index (χ1v) is 9.69. The fourth-order valence-corrected chi connectivity index (χ4v) is 4.88. The zero-order valence-electron chi connectivity index (χ0n) is 15.7. The minimum Gasteiger partial charge on any atom is -0.476 e. The second-order valence-electron chi connectivity index (χ2n) is 7.69. The first-order chi connectivity index (χ1) is 14.1. The minimum absolute atomic E-state index is 0.0474. The van der Waals surface area contributed by atoms with Gasteiger partial charge in [-0.15, -0.1) is 5.10 Å². The highest BCUT2D eigenvalue weighted by Gasteiger charge is 2.42. The van der Waals surface area contributed by atoms with Crippen LogP contribution in [-0.4, -0.2) is 38.5 Å². The Morgan fingerprint density at radius 3 is 2.24 bits per heavy atom. The van der Waals surface area contributed by atoms with Gasteiger partial charge < -0.3 is 10.4 Å². The number of hydrogen-bond donors (Lipinski definition) is 2. The van der Waals surface area contributed by atoms with Crippen LogP contribution in [0.5, 0.6) is 0 Å². The molecular weight excluding hydrogens is 368 g/mol. The minimum atomic E-state index is -1.16. The molecule has 6 rings (SSSR count). The predicted molar refractivity (Wildman–Crippen MR) is 105 cm³/mol. The molecule has 3 aromatic rings. The number of carboxylic acid groups (broad SMARTS) is 1. The summed E-state index contributed by atoms with van der Waals surface area (Å²) >= 11 is 0. The van der Waals surface area contributed by atoms with E-state index in [-0.39, 0.29) is 24.1 Å². The van der Waals surface area contributed by atoms with Crippen LogP contribution in [0.4, 0.5) is 0 Å². The molecule has 0 saturated carbocycles. The van der Waals surface area contributed by atoms with Crippen molar-refractivity contribution >= 4 is 11.9 Å². The van der Waals surface area contributed by atoms with Gasteiger partial charge in [-0.1, -0.05) is 53.7 Å². The molecule has 3 aliphatic carbocycles. The van der Waals surface area contributed by atoms with Crippen molar-refractivity contribution in [2.45, 2.75) is 24.8 Å². The zero-order valence-corrected chi connectivity index (χ0v) is 15.7. The van der Waals surface area contributed by atoms with Gasteiger partial charge in [-0.05, 0) is 34.6 Å². The Bertz CT molecular complexity index is 1060. The first kappa shape index (κ1) is 17.6. The Morgan fingerprint density at radius 2 is 1.66 bits per heavy atom. The average molecular weight is 388 g/mol. The Kier molecular flexibility index (Phi) is 4.16. The second-order valence-corrected chi connectivity index (χ2v) is 7.69. The third-order valence-electron chi connectivity index (χ3n) is 6.05. The summed E-state index contributed by atoms with van der Waals surface area (Å²) in [6, 6.07) is 17.2. The summed E-state index contributed by atoms with van der Waals surface area (Å²) in [5.41, 5.74) is 5.37. The molecule has 0 spiro atoms. The lowest BCUT2D eigenvalue weighted by Crippen LogP contribution is -2.40. The number of benzene rings is 2. The summed E-state index contributed by atoms with van der Waals surface area (Å²) in [7, 11) is 0. The van der Waals surface area contributed by atoms with Gasteiger partial charge >= 0.3 is 5.97 Å². The maximum Gasteiger partial charge on any atom is 0.358 e. The number of amides is 1. The van der Waals surface area contributed by atoms with Gasteiger partial charge in [-0.3, -0.25) is 4.79 Å². The molecule has 0 aliphatic heterocycles. The van der Waals surface area contributed by atoms with Gasteiger partial charge in [-0.25, -0.2) is 9.48 Å². The number of fused-ring (bicyclic) bond motifs is 1. The molecular formula is C22H20N4O3. The first-order valence-electron chi connectivity index (χ1n) is 9.69. The van der Waals surface area contributed by atoms with Crippen LogP contribution in [0.2, 0.25) is 0 Å². The Morgan fingerprint density at radius 1 is 1.03 bits per heavy atom. The molecule has 2 N–H and O–H groups in total. The van der Waals surface area contributed by atoms with Crippen molar-refractivity contribution in [2.24, 2.45) is 5.92 Å². The smallest absolute Gasteiger partial charge is 0.358 e. The number of hydrogen-bond acceptors (Lipinski definition) is 4. The van der Waals surface area contributed by atoms with Gasteiger partial charge in [-0.2, -0.15) is 0 Å². The second kappa shape index (κ2) is 6.84. The van der Waals surface area contributed by atoms with Crippen LogP contribution in [0.3, 0.4) is 0 Å². The van der Waals surface area contributed by atoms with Crippen molar-refractivity contribution < 1.29 is 14.7 Å². The molecule has 1 aromatic heterocycles. The van der Waals surface area contributed by atoms with E-state index in [4.69, 9.17) is 5.11 Å². The van der Waals surface area contributed by atoms with E-state index in [1.54, 1.807) is 0 Å². The maximum atomic E-state index is 12.4. The quantitative estimate of drug-likeness (QED) is 0.700. The van der Waals surface area contributed by atoms with Gasteiger partial charge in [0.1, 0.15) is 6.54 Å². The molecule has 2 aromatic carbocycles. The highest BCUT2D eigenvalue weighted by Crippen LogP contribution is 2.55. The van der Waals surface area contributed by atoms with Gasteiger partial charge in [0, 0.05) is 18.4 Å². The van der Waals surface area contributed by atoms with Crippen molar-refractivity contribution in [3.63, 3.8) is 0 Å². The molecule has 1 heterocycles. The third kappa shape index (κ3) is 2.99. The number of nitrogens with zero attached hydrogens (tertiary/aromatic N) is 3. The molecule has 0 saturated heterocycles. The van der Waals surface area contributed by atoms with Gasteiger partial charge in [0.2, 0.25) is 5.91 Å². The summed E-state index contributed by atoms with van der Waals surface area (Å²) in [5, 5.41) is 19.1. The summed E-state index contributed by atoms with van der Waals surface area (Å²) < 4.78 is 1.25. The van der Waals surface area contributed by atoms with Crippen LogP contribution < -0.4 is 5.32 Å². The van der Waals surface area contributed by atoms with Crippen molar-refractivity contribution in [1.29, 1.82) is 0 Å². The fraction of sp³-hybridized carbons (Fsp3) is 0.273.